The van der Waals surface area contributed by atoms with Crippen LogP contribution in [0.4, 0.5) is 0 Å². The topological polar surface area (TPSA) is 464 Å². The summed E-state index contributed by atoms with van der Waals surface area (Å²) < 4.78 is 178. The van der Waals surface area contributed by atoms with E-state index in [-0.39, 0.29) is 48.6 Å². The average molecular weight is 1310 g/mol. The number of cyclic esters (lactones) is 1. The minimum Gasteiger partial charge on any atom is -0.726 e. The number of ether oxygens (including phenoxy) is 10. The highest BCUT2D eigenvalue weighted by Crippen LogP contribution is 2.75. The van der Waals surface area contributed by atoms with Crippen molar-refractivity contribution in [3.8, 4) is 0 Å². The lowest BCUT2D eigenvalue weighted by Crippen LogP contribution is -2.66. The third-order valence-corrected chi connectivity index (χ3v) is 21.4. The van der Waals surface area contributed by atoms with Crippen molar-refractivity contribution in [3.05, 3.63) is 11.6 Å². The van der Waals surface area contributed by atoms with Gasteiger partial charge < -0.3 is 91.7 Å². The second kappa shape index (κ2) is 24.8. The van der Waals surface area contributed by atoms with Gasteiger partial charge in [-0.1, -0.05) is 53.2 Å². The van der Waals surface area contributed by atoms with Crippen molar-refractivity contribution in [3.63, 3.8) is 0 Å². The molecule has 12 unspecified atom stereocenters. The van der Waals surface area contributed by atoms with Crippen molar-refractivity contribution in [1.82, 2.24) is 0 Å². The van der Waals surface area contributed by atoms with Crippen molar-refractivity contribution in [2.75, 3.05) is 26.9 Å². The first kappa shape index (κ1) is 68.9. The van der Waals surface area contributed by atoms with E-state index in [2.05, 4.69) is 21.4 Å². The predicted octanol–water partition coefficient (Wildman–Crippen LogP) is -1.86. The van der Waals surface area contributed by atoms with E-state index in [0.29, 0.717) is 32.1 Å². The number of ketones is 2. The second-order valence-electron chi connectivity index (χ2n) is 26.3. The standard InChI is InChI=1S/C53H82O31S3/c1-22(2)16-24(54)17-52(8)43-27(55)18-51(7)26-10-11-31-49(4,5)32(13-14-50(31,6)25(26)12-15-53(43,51)48(62)82-52)78-46-41(34(58)30(20-74-46)83-86(66,67)68)81-44-36(60)35(59)38(23(3)76-44)79-47-42(84-87(69,70)71)39(28(56)19-73-47)80-45-37(61)40(72-9)33(57)29(77-45)21-75-85(63,64)65/h10,22-23,25,28-47,56-61H,11-21H2,1-9H3,(H,63,64,65)(H,66,67,68)(H,69,70,71)/p-3/t23?,25?,28-,29?,30-,31+,32+,33-,34?,35?,36?,37?,38-,39?,40?,41?,42?,43-,44+,45+,46+,47+,50-,51+,52+,53?/m1/s1. The highest BCUT2D eigenvalue weighted by Gasteiger charge is 2.79. The fourth-order valence-electron chi connectivity index (χ4n) is 16.3. The van der Waals surface area contributed by atoms with Crippen LogP contribution in [0.2, 0.25) is 0 Å². The number of Topliss-reactive ketones (excluding diaryl/α,β-unsaturated/α-hetero) is 2. The Labute approximate surface area is 503 Å². The number of hydrogen-bond acceptors (Lipinski definition) is 31. The van der Waals surface area contributed by atoms with E-state index in [0.717, 1.165) is 12.7 Å². The molecule has 9 aliphatic rings. The number of methoxy groups -OCH3 is 1. The summed E-state index contributed by atoms with van der Waals surface area (Å²) in [6.07, 6.45) is -31.1. The fourth-order valence-corrected chi connectivity index (χ4v) is 17.5. The monoisotopic (exact) mass is 1310 g/mol. The Balaban J connectivity index is 0.915. The SMILES string of the molecule is COC1C(O)[C@H](OC2C(OS(=O)(=O)[O-])[C@H](O[C@@H]3C(C)O[C@@H](OC4C(O)[C@H](OS(=O)(=O)[O-])CO[C@H]4O[C@H]4CC[C@]5(C)C6CCC78C(=O)O[C@@](C)(CC(=O)CC(C)C)[C@H]7C(=O)C[C@@]8(C)C6=CC[C@H]5C4(C)C)C(O)C3O)OC[C@H]2O)OC(COS(=O)(=O)[O-])[C@H]1O. The van der Waals surface area contributed by atoms with E-state index in [9.17, 15) is 83.9 Å². The van der Waals surface area contributed by atoms with Crippen molar-refractivity contribution >= 4 is 48.7 Å². The summed E-state index contributed by atoms with van der Waals surface area (Å²) in [6, 6.07) is 0. The molecule has 8 fully saturated rings. The summed E-state index contributed by atoms with van der Waals surface area (Å²) in [5.74, 6) is -1.58. The van der Waals surface area contributed by atoms with E-state index >= 15 is 0 Å². The lowest BCUT2D eigenvalue weighted by atomic mass is 9.41. The molecule has 87 heavy (non-hydrogen) atoms. The number of fused-ring (bicyclic) bond motifs is 4. The first-order chi connectivity index (χ1) is 40.2. The van der Waals surface area contributed by atoms with Crippen LogP contribution in [0.1, 0.15) is 107 Å². The van der Waals surface area contributed by atoms with Gasteiger partial charge in [0, 0.05) is 31.8 Å². The van der Waals surface area contributed by atoms with Gasteiger partial charge in [0.05, 0.1) is 43.4 Å². The third kappa shape index (κ3) is 13.0. The zero-order valence-corrected chi connectivity index (χ0v) is 51.7. The molecule has 1 spiro atoms. The molecule has 9 rings (SSSR count). The summed E-state index contributed by atoms with van der Waals surface area (Å²) >= 11 is 0. The van der Waals surface area contributed by atoms with Crippen LogP contribution in [0, 0.1) is 45.3 Å². The average Bonchev–Trinajstić information content (AvgIpc) is 1.53. The number of hydrogen-bond donors (Lipinski definition) is 6. The maximum Gasteiger partial charge on any atom is 0.314 e. The molecular formula is C53H79O31S3-3. The van der Waals surface area contributed by atoms with Gasteiger partial charge in [0.2, 0.25) is 31.2 Å². The normalized spacial score (nSPS) is 46.7. The Bertz CT molecular complexity index is 2950. The first-order valence-corrected chi connectivity index (χ1v) is 32.8. The summed E-state index contributed by atoms with van der Waals surface area (Å²) in [5, 5.41) is 67.9. The minimum absolute atomic E-state index is 0.0573. The largest absolute Gasteiger partial charge is 0.726 e. The summed E-state index contributed by atoms with van der Waals surface area (Å²) in [7, 11) is -15.7. The molecule has 0 bridgehead atoms. The Kier molecular flexibility index (Phi) is 19.6. The molecule has 0 aromatic rings. The van der Waals surface area contributed by atoms with Gasteiger partial charge in [0.15, 0.2) is 31.3 Å². The summed E-state index contributed by atoms with van der Waals surface area (Å²) in [4.78, 5) is 42.0. The molecule has 0 aromatic carbocycles. The van der Waals surface area contributed by atoms with Crippen molar-refractivity contribution in [2.24, 2.45) is 45.3 Å². The highest BCUT2D eigenvalue weighted by molar-refractivity contribution is 7.81. The molecule has 4 aliphatic carbocycles. The van der Waals surface area contributed by atoms with Crippen LogP contribution >= 0.6 is 0 Å². The Morgan fingerprint density at radius 1 is 0.713 bits per heavy atom. The molecule has 0 radical (unpaired) electrons. The molecule has 34 heteroatoms. The maximum absolute atomic E-state index is 14.4. The first-order valence-electron chi connectivity index (χ1n) is 28.8. The molecule has 6 N–H and O–H groups in total. The highest BCUT2D eigenvalue weighted by atomic mass is 32.3. The van der Waals surface area contributed by atoms with Crippen LogP contribution in [0.15, 0.2) is 11.6 Å². The summed E-state index contributed by atoms with van der Waals surface area (Å²) in [6.45, 7) is 12.3. The Morgan fingerprint density at radius 2 is 1.33 bits per heavy atom. The number of aliphatic hydroxyl groups is 6. The Morgan fingerprint density at radius 3 is 1.97 bits per heavy atom. The van der Waals surface area contributed by atoms with E-state index in [1.165, 1.54) is 6.92 Å². The fraction of sp³-hybridized carbons (Fsp3) is 0.906. The van der Waals surface area contributed by atoms with Crippen LogP contribution in [-0.4, -0.2) is 236 Å². The predicted molar refractivity (Wildman–Crippen MR) is 281 cm³/mol. The van der Waals surface area contributed by atoms with Crippen molar-refractivity contribution < 1.29 is 144 Å². The van der Waals surface area contributed by atoms with Crippen LogP contribution in [0.3, 0.4) is 0 Å². The van der Waals surface area contributed by atoms with Crippen molar-refractivity contribution in [1.29, 1.82) is 0 Å². The molecule has 3 saturated carbocycles. The number of allylic oxidation sites excluding steroid dienone is 2. The van der Waals surface area contributed by atoms with Gasteiger partial charge in [-0.2, -0.15) is 0 Å². The Hall–Kier alpha value is -2.44. The number of esters is 1. The third-order valence-electron chi connectivity index (χ3n) is 20.0. The smallest absolute Gasteiger partial charge is 0.314 e. The molecule has 5 saturated heterocycles. The summed E-state index contributed by atoms with van der Waals surface area (Å²) in [5.41, 5.74) is -3.50. The van der Waals surface area contributed by atoms with E-state index in [4.69, 9.17) is 51.6 Å². The molecule has 5 heterocycles. The second-order valence-corrected chi connectivity index (χ2v) is 29.4. The zero-order chi connectivity index (χ0) is 64.3. The van der Waals surface area contributed by atoms with Gasteiger partial charge in [0.25, 0.3) is 0 Å². The molecule has 0 amide bonds. The van der Waals surface area contributed by atoms with Gasteiger partial charge >= 0.3 is 5.97 Å². The molecular weight excluding hydrogens is 1230 g/mol. The quantitative estimate of drug-likeness (QED) is 0.0337. The molecule has 31 nitrogen and oxygen atoms in total. The number of aliphatic hydroxyl groups excluding tert-OH is 6. The van der Waals surface area contributed by atoms with Crippen LogP contribution in [-0.2, 0) is 105 Å². The van der Waals surface area contributed by atoms with Crippen LogP contribution in [0.5, 0.6) is 0 Å². The number of carbonyl (C=O) groups is 3. The minimum atomic E-state index is -5.81. The van der Waals surface area contributed by atoms with Gasteiger partial charge in [-0.25, -0.2) is 25.3 Å². The number of rotatable bonds is 20. The van der Waals surface area contributed by atoms with Gasteiger partial charge in [0.1, 0.15) is 90.4 Å². The van der Waals surface area contributed by atoms with E-state index in [1.807, 2.05) is 34.6 Å². The molecule has 0 aromatic heterocycles. The van der Waals surface area contributed by atoms with Crippen molar-refractivity contribution in [2.45, 2.75) is 229 Å². The maximum atomic E-state index is 14.4. The zero-order valence-electron chi connectivity index (χ0n) is 49.2. The lowest BCUT2D eigenvalue weighted by molar-refractivity contribution is -0.380. The molecule has 5 aliphatic heterocycles. The van der Waals surface area contributed by atoms with Gasteiger partial charge in [-0.05, 0) is 74.5 Å². The number of carbonyl (C=O) groups excluding carboxylic acids is 3. The lowest BCUT2D eigenvalue weighted by Gasteiger charge is -2.63. The van der Waals surface area contributed by atoms with E-state index < -0.39 is 207 Å². The van der Waals surface area contributed by atoms with Gasteiger partial charge in [-0.3, -0.25) is 26.9 Å². The van der Waals surface area contributed by atoms with Crippen LogP contribution < -0.4 is 0 Å². The molecule has 26 atom stereocenters. The van der Waals surface area contributed by atoms with E-state index in [1.54, 1.807) is 6.92 Å². The molecule has 498 valence electrons. The van der Waals surface area contributed by atoms with Gasteiger partial charge in [-0.15, -0.1) is 0 Å². The van der Waals surface area contributed by atoms with Crippen LogP contribution in [0.25, 0.3) is 0 Å².